The Morgan fingerprint density at radius 1 is 0.690 bits per heavy atom. The first-order chi connectivity index (χ1) is 13.5. The van der Waals surface area contributed by atoms with Gasteiger partial charge in [0, 0.05) is 6.04 Å². The van der Waals surface area contributed by atoms with Crippen LogP contribution in [0.3, 0.4) is 0 Å². The van der Waals surface area contributed by atoms with Gasteiger partial charge >= 0.3 is 0 Å². The zero-order valence-corrected chi connectivity index (χ0v) is 20.0. The largest absolute Gasteiger partial charge is 0.241 e. The molecule has 0 fully saturated rings. The summed E-state index contributed by atoms with van der Waals surface area (Å²) in [6.45, 7) is 16.7. The number of rotatable bonds is 8. The van der Waals surface area contributed by atoms with Crippen molar-refractivity contribution in [1.29, 1.82) is 0 Å². The van der Waals surface area contributed by atoms with Crippen LogP contribution in [0.25, 0.3) is 0 Å². The molecule has 0 saturated heterocycles. The molecule has 0 saturated carbocycles. The SMILES string of the molecule is CC(C)c1cc(C(C)C)c(S(=O)(=O)N[C@H](c2ccccc2)C(C)C)c(C(C)C)c1. The fraction of sp³-hybridized carbons (Fsp3) is 0.520. The monoisotopic (exact) mass is 415 g/mol. The molecular weight excluding hydrogens is 378 g/mol. The molecule has 4 heteroatoms. The van der Waals surface area contributed by atoms with E-state index in [0.29, 0.717) is 10.8 Å². The van der Waals surface area contributed by atoms with Gasteiger partial charge in [-0.25, -0.2) is 13.1 Å². The Kier molecular flexibility index (Phi) is 7.69. The van der Waals surface area contributed by atoms with Crippen molar-refractivity contribution in [3.63, 3.8) is 0 Å². The normalized spacial score (nSPS) is 13.7. The minimum absolute atomic E-state index is 0.118. The van der Waals surface area contributed by atoms with E-state index in [1.165, 1.54) is 5.56 Å². The van der Waals surface area contributed by atoms with Gasteiger partial charge in [0.15, 0.2) is 0 Å². The molecule has 1 N–H and O–H groups in total. The predicted molar refractivity (Wildman–Crippen MR) is 123 cm³/mol. The Morgan fingerprint density at radius 2 is 1.17 bits per heavy atom. The molecule has 160 valence electrons. The molecule has 0 aliphatic heterocycles. The summed E-state index contributed by atoms with van der Waals surface area (Å²) < 4.78 is 30.5. The molecule has 1 atom stereocenters. The zero-order valence-electron chi connectivity index (χ0n) is 19.2. The van der Waals surface area contributed by atoms with Gasteiger partial charge in [-0.1, -0.05) is 97.9 Å². The van der Waals surface area contributed by atoms with E-state index in [1.807, 2.05) is 30.3 Å². The highest BCUT2D eigenvalue weighted by Crippen LogP contribution is 2.36. The fourth-order valence-corrected chi connectivity index (χ4v) is 5.75. The molecule has 0 amide bonds. The van der Waals surface area contributed by atoms with Gasteiger partial charge in [0.05, 0.1) is 4.90 Å². The van der Waals surface area contributed by atoms with Crippen molar-refractivity contribution in [2.45, 2.75) is 84.1 Å². The minimum Gasteiger partial charge on any atom is -0.207 e. The van der Waals surface area contributed by atoms with E-state index in [-0.39, 0.29) is 23.8 Å². The summed E-state index contributed by atoms with van der Waals surface area (Å²) in [4.78, 5) is 0.466. The van der Waals surface area contributed by atoms with Crippen LogP contribution in [0.1, 0.15) is 101 Å². The molecule has 2 aromatic carbocycles. The van der Waals surface area contributed by atoms with Crippen molar-refractivity contribution in [2.24, 2.45) is 5.92 Å². The molecule has 0 bridgehead atoms. The smallest absolute Gasteiger partial charge is 0.207 e. The van der Waals surface area contributed by atoms with Crippen LogP contribution in [0.5, 0.6) is 0 Å². The fourth-order valence-electron chi connectivity index (χ4n) is 3.68. The summed E-state index contributed by atoms with van der Waals surface area (Å²) >= 11 is 0. The highest BCUT2D eigenvalue weighted by molar-refractivity contribution is 7.89. The molecule has 2 rings (SSSR count). The molecule has 0 aromatic heterocycles. The third-order valence-electron chi connectivity index (χ3n) is 5.46. The van der Waals surface area contributed by atoms with Gasteiger partial charge in [-0.05, 0) is 45.9 Å². The summed E-state index contributed by atoms with van der Waals surface area (Å²) in [6.07, 6.45) is 0. The van der Waals surface area contributed by atoms with Crippen molar-refractivity contribution < 1.29 is 8.42 Å². The molecule has 0 aliphatic rings. The lowest BCUT2D eigenvalue weighted by molar-refractivity contribution is 0.462. The van der Waals surface area contributed by atoms with Crippen LogP contribution >= 0.6 is 0 Å². The Hall–Kier alpha value is -1.65. The lowest BCUT2D eigenvalue weighted by Crippen LogP contribution is -2.33. The van der Waals surface area contributed by atoms with Crippen LogP contribution in [0.2, 0.25) is 0 Å². The summed E-state index contributed by atoms with van der Waals surface area (Å²) in [7, 11) is -3.70. The minimum atomic E-state index is -3.70. The predicted octanol–water partition coefficient (Wildman–Crippen LogP) is 6.73. The lowest BCUT2D eigenvalue weighted by atomic mass is 9.89. The number of nitrogens with one attached hydrogen (secondary N) is 1. The van der Waals surface area contributed by atoms with Crippen molar-refractivity contribution in [1.82, 2.24) is 4.72 Å². The Balaban J connectivity index is 2.66. The van der Waals surface area contributed by atoms with Crippen molar-refractivity contribution in [2.75, 3.05) is 0 Å². The summed E-state index contributed by atoms with van der Waals surface area (Å²) in [5.41, 5.74) is 3.99. The molecule has 0 aliphatic carbocycles. The second-order valence-electron chi connectivity index (χ2n) is 9.25. The van der Waals surface area contributed by atoms with Crippen LogP contribution in [0, 0.1) is 5.92 Å². The van der Waals surface area contributed by atoms with Gasteiger partial charge < -0.3 is 0 Å². The molecular formula is C25H37NO2S. The first-order valence-electron chi connectivity index (χ1n) is 10.7. The third-order valence-corrected chi connectivity index (χ3v) is 7.03. The van der Waals surface area contributed by atoms with Gasteiger partial charge in [-0.3, -0.25) is 0 Å². The average molecular weight is 416 g/mol. The molecule has 0 spiro atoms. The second-order valence-corrected chi connectivity index (χ2v) is 10.9. The van der Waals surface area contributed by atoms with E-state index < -0.39 is 10.0 Å². The molecule has 3 nitrogen and oxygen atoms in total. The third kappa shape index (κ3) is 5.49. The average Bonchev–Trinajstić information content (AvgIpc) is 2.65. The van der Waals surface area contributed by atoms with Gasteiger partial charge in [0.2, 0.25) is 10.0 Å². The van der Waals surface area contributed by atoms with Crippen molar-refractivity contribution in [3.05, 3.63) is 64.7 Å². The van der Waals surface area contributed by atoms with Crippen molar-refractivity contribution >= 4 is 10.0 Å². The molecule has 29 heavy (non-hydrogen) atoms. The van der Waals surface area contributed by atoms with E-state index in [1.54, 1.807) is 0 Å². The first-order valence-corrected chi connectivity index (χ1v) is 12.2. The van der Waals surface area contributed by atoms with Crippen LogP contribution < -0.4 is 4.72 Å². The Labute approximate surface area is 178 Å². The number of benzene rings is 2. The Morgan fingerprint density at radius 3 is 1.55 bits per heavy atom. The van der Waals surface area contributed by atoms with Gasteiger partial charge in [-0.2, -0.15) is 0 Å². The van der Waals surface area contributed by atoms with Crippen molar-refractivity contribution in [3.8, 4) is 0 Å². The summed E-state index contributed by atoms with van der Waals surface area (Å²) in [6, 6.07) is 13.7. The van der Waals surface area contributed by atoms with Crippen LogP contribution in [-0.2, 0) is 10.0 Å². The van der Waals surface area contributed by atoms with E-state index in [0.717, 1.165) is 16.7 Å². The lowest BCUT2D eigenvalue weighted by Gasteiger charge is -2.27. The second kappa shape index (κ2) is 9.44. The standard InChI is InChI=1S/C25H37NO2S/c1-16(2)21-14-22(17(3)4)25(23(15-21)18(5)6)29(27,28)26-24(19(7)8)20-12-10-9-11-13-20/h9-19,24,26H,1-8H3/t24-/m0/s1. The van der Waals surface area contributed by atoms with E-state index in [2.05, 4.69) is 72.2 Å². The van der Waals surface area contributed by atoms with Crippen LogP contribution in [-0.4, -0.2) is 8.42 Å². The maximum atomic E-state index is 13.7. The summed E-state index contributed by atoms with van der Waals surface area (Å²) in [5.74, 6) is 0.716. The zero-order chi connectivity index (χ0) is 21.9. The molecule has 0 radical (unpaired) electrons. The number of hydrogen-bond donors (Lipinski definition) is 1. The summed E-state index contributed by atoms with van der Waals surface area (Å²) in [5, 5.41) is 0. The van der Waals surface area contributed by atoms with Gasteiger partial charge in [0.25, 0.3) is 0 Å². The van der Waals surface area contributed by atoms with Gasteiger partial charge in [-0.15, -0.1) is 0 Å². The quantitative estimate of drug-likeness (QED) is 0.519. The molecule has 0 heterocycles. The molecule has 0 unspecified atom stereocenters. The highest BCUT2D eigenvalue weighted by atomic mass is 32.2. The number of sulfonamides is 1. The van der Waals surface area contributed by atoms with E-state index >= 15 is 0 Å². The maximum Gasteiger partial charge on any atom is 0.241 e. The highest BCUT2D eigenvalue weighted by Gasteiger charge is 2.30. The van der Waals surface area contributed by atoms with E-state index in [9.17, 15) is 8.42 Å². The molecule has 2 aromatic rings. The van der Waals surface area contributed by atoms with E-state index in [4.69, 9.17) is 0 Å². The first kappa shape index (κ1) is 23.6. The van der Waals surface area contributed by atoms with Gasteiger partial charge in [0.1, 0.15) is 0 Å². The topological polar surface area (TPSA) is 46.2 Å². The number of hydrogen-bond acceptors (Lipinski definition) is 2. The Bertz CT molecular complexity index is 884. The maximum absolute atomic E-state index is 13.7. The van der Waals surface area contributed by atoms with Crippen LogP contribution in [0.4, 0.5) is 0 Å². The van der Waals surface area contributed by atoms with Crippen LogP contribution in [0.15, 0.2) is 47.4 Å².